The highest BCUT2D eigenvalue weighted by molar-refractivity contribution is 7.89. The molecule has 0 bridgehead atoms. The second-order valence-electron chi connectivity index (χ2n) is 5.62. The van der Waals surface area contributed by atoms with Crippen molar-refractivity contribution in [2.24, 2.45) is 0 Å². The maximum atomic E-state index is 12.9. The summed E-state index contributed by atoms with van der Waals surface area (Å²) in [6.07, 6.45) is -0.442. The molecule has 0 saturated carbocycles. The van der Waals surface area contributed by atoms with E-state index in [1.807, 2.05) is 0 Å². The third-order valence-corrected chi connectivity index (χ3v) is 6.17. The molecule has 1 amide bonds. The number of benzene rings is 1. The molecule has 0 unspecified atom stereocenters. The monoisotopic (exact) mass is 356 g/mol. The third kappa shape index (κ3) is 3.01. The van der Waals surface area contributed by atoms with Gasteiger partial charge in [0.05, 0.1) is 12.0 Å². The first-order valence-corrected chi connectivity index (χ1v) is 9.11. The number of methoxy groups -OCH3 is 1. The van der Waals surface area contributed by atoms with Crippen LogP contribution in [0.4, 0.5) is 4.79 Å². The van der Waals surface area contributed by atoms with Gasteiger partial charge in [0, 0.05) is 32.2 Å². The molecule has 0 aromatic heterocycles. The summed E-state index contributed by atoms with van der Waals surface area (Å²) >= 11 is 0. The summed E-state index contributed by atoms with van der Waals surface area (Å²) in [4.78, 5) is 13.2. The molecule has 2 aliphatic rings. The first-order chi connectivity index (χ1) is 11.4. The number of sulfonamides is 1. The van der Waals surface area contributed by atoms with Gasteiger partial charge in [0.25, 0.3) is 0 Å². The number of ether oxygens (including phenoxy) is 3. The van der Waals surface area contributed by atoms with Crippen LogP contribution >= 0.6 is 0 Å². The summed E-state index contributed by atoms with van der Waals surface area (Å²) < 4.78 is 42.9. The van der Waals surface area contributed by atoms with Crippen LogP contribution in [0.3, 0.4) is 0 Å². The van der Waals surface area contributed by atoms with Crippen LogP contribution in [-0.4, -0.2) is 70.2 Å². The first-order valence-electron chi connectivity index (χ1n) is 7.67. The number of aryl methyl sites for hydroxylation is 1. The highest BCUT2D eigenvalue weighted by Crippen LogP contribution is 2.35. The standard InChI is InChI=1S/C15H20N2O6S/c1-11-9-12-13(23-8-7-22-12)10-14(11)24(19,20)17-5-3-16(4-6-17)15(18)21-2/h9-10H,3-8H2,1-2H3. The van der Waals surface area contributed by atoms with Crippen LogP contribution in [0.2, 0.25) is 0 Å². The summed E-state index contributed by atoms with van der Waals surface area (Å²) in [6, 6.07) is 3.21. The number of carbonyl (C=O) groups is 1. The lowest BCUT2D eigenvalue weighted by Gasteiger charge is -2.33. The molecule has 1 fully saturated rings. The molecule has 2 heterocycles. The molecular weight excluding hydrogens is 336 g/mol. The highest BCUT2D eigenvalue weighted by Gasteiger charge is 2.32. The molecule has 0 N–H and O–H groups in total. The zero-order valence-corrected chi connectivity index (χ0v) is 14.5. The van der Waals surface area contributed by atoms with E-state index in [1.165, 1.54) is 22.4 Å². The van der Waals surface area contributed by atoms with Gasteiger partial charge in [-0.2, -0.15) is 4.31 Å². The van der Waals surface area contributed by atoms with Gasteiger partial charge in [-0.25, -0.2) is 13.2 Å². The molecule has 0 radical (unpaired) electrons. The van der Waals surface area contributed by atoms with Crippen LogP contribution in [-0.2, 0) is 14.8 Å². The number of piperazine rings is 1. The molecule has 2 aliphatic heterocycles. The highest BCUT2D eigenvalue weighted by atomic mass is 32.2. The largest absolute Gasteiger partial charge is 0.486 e. The summed E-state index contributed by atoms with van der Waals surface area (Å²) in [5.74, 6) is 1.01. The minimum Gasteiger partial charge on any atom is -0.486 e. The molecule has 0 aliphatic carbocycles. The molecule has 132 valence electrons. The maximum absolute atomic E-state index is 12.9. The van der Waals surface area contributed by atoms with Gasteiger partial charge >= 0.3 is 6.09 Å². The average Bonchev–Trinajstić information content (AvgIpc) is 2.60. The molecule has 1 aromatic rings. The SMILES string of the molecule is COC(=O)N1CCN(S(=O)(=O)c2cc3c(cc2C)OCCO3)CC1. The van der Waals surface area contributed by atoms with Gasteiger partial charge in [0.2, 0.25) is 10.0 Å². The Morgan fingerprint density at radius 3 is 2.25 bits per heavy atom. The van der Waals surface area contributed by atoms with Crippen molar-refractivity contribution in [2.45, 2.75) is 11.8 Å². The van der Waals surface area contributed by atoms with Crippen LogP contribution < -0.4 is 9.47 Å². The Hall–Kier alpha value is -2.00. The van der Waals surface area contributed by atoms with E-state index in [2.05, 4.69) is 4.74 Å². The fraction of sp³-hybridized carbons (Fsp3) is 0.533. The molecule has 0 spiro atoms. The summed E-state index contributed by atoms with van der Waals surface area (Å²) in [5, 5.41) is 0. The number of rotatable bonds is 2. The average molecular weight is 356 g/mol. The predicted octanol–water partition coefficient (Wildman–Crippen LogP) is 0.839. The van der Waals surface area contributed by atoms with E-state index in [1.54, 1.807) is 13.0 Å². The Morgan fingerprint density at radius 1 is 1.08 bits per heavy atom. The van der Waals surface area contributed by atoms with Crippen molar-refractivity contribution in [2.75, 3.05) is 46.5 Å². The van der Waals surface area contributed by atoms with E-state index in [-0.39, 0.29) is 18.0 Å². The lowest BCUT2D eigenvalue weighted by Crippen LogP contribution is -2.50. The number of nitrogens with zero attached hydrogens (tertiary/aromatic N) is 2. The number of amides is 1. The van der Waals surface area contributed by atoms with Crippen molar-refractivity contribution < 1.29 is 27.4 Å². The van der Waals surface area contributed by atoms with Crippen molar-refractivity contribution in [1.82, 2.24) is 9.21 Å². The summed E-state index contributed by atoms with van der Waals surface area (Å²) in [6.45, 7) is 3.64. The quantitative estimate of drug-likeness (QED) is 0.781. The van der Waals surface area contributed by atoms with E-state index in [4.69, 9.17) is 9.47 Å². The Kier molecular flexibility index (Phi) is 4.55. The second-order valence-corrected chi connectivity index (χ2v) is 7.53. The minimum atomic E-state index is -3.66. The summed E-state index contributed by atoms with van der Waals surface area (Å²) in [5.41, 5.74) is 0.606. The molecule has 1 aromatic carbocycles. The smallest absolute Gasteiger partial charge is 0.409 e. The summed E-state index contributed by atoms with van der Waals surface area (Å²) in [7, 11) is -2.35. The third-order valence-electron chi connectivity index (χ3n) is 4.13. The Balaban J connectivity index is 1.83. The number of hydrogen-bond donors (Lipinski definition) is 0. The first kappa shape index (κ1) is 16.8. The van der Waals surface area contributed by atoms with Crippen molar-refractivity contribution >= 4 is 16.1 Å². The minimum absolute atomic E-state index is 0.207. The van der Waals surface area contributed by atoms with Crippen LogP contribution in [0.15, 0.2) is 17.0 Å². The lowest BCUT2D eigenvalue weighted by atomic mass is 10.2. The fourth-order valence-corrected chi connectivity index (χ4v) is 4.47. The fourth-order valence-electron chi connectivity index (χ4n) is 2.83. The van der Waals surface area contributed by atoms with Gasteiger partial charge in [-0.3, -0.25) is 0 Å². The maximum Gasteiger partial charge on any atom is 0.409 e. The van der Waals surface area contributed by atoms with E-state index in [0.717, 1.165) is 0 Å². The van der Waals surface area contributed by atoms with Gasteiger partial charge in [0.1, 0.15) is 13.2 Å². The topological polar surface area (TPSA) is 85.4 Å². The van der Waals surface area contributed by atoms with Crippen LogP contribution in [0.25, 0.3) is 0 Å². The predicted molar refractivity (Wildman–Crippen MR) is 84.9 cm³/mol. The number of carbonyl (C=O) groups excluding carboxylic acids is 1. The van der Waals surface area contributed by atoms with Crippen LogP contribution in [0.1, 0.15) is 5.56 Å². The van der Waals surface area contributed by atoms with E-state index in [9.17, 15) is 13.2 Å². The Bertz CT molecular complexity index is 741. The molecule has 9 heteroatoms. The second kappa shape index (κ2) is 6.48. The van der Waals surface area contributed by atoms with Gasteiger partial charge in [-0.05, 0) is 18.6 Å². The van der Waals surface area contributed by atoms with Gasteiger partial charge < -0.3 is 19.1 Å². The van der Waals surface area contributed by atoms with Gasteiger partial charge in [0.15, 0.2) is 11.5 Å². The number of hydrogen-bond acceptors (Lipinski definition) is 6. The zero-order valence-electron chi connectivity index (χ0n) is 13.6. The molecule has 24 heavy (non-hydrogen) atoms. The zero-order chi connectivity index (χ0) is 17.3. The number of fused-ring (bicyclic) bond motifs is 1. The molecule has 0 atom stereocenters. The van der Waals surface area contributed by atoms with Gasteiger partial charge in [-0.15, -0.1) is 0 Å². The molecule has 1 saturated heterocycles. The Labute approximate surface area is 140 Å². The van der Waals surface area contributed by atoms with E-state index >= 15 is 0 Å². The van der Waals surface area contributed by atoms with Crippen LogP contribution in [0, 0.1) is 6.92 Å². The van der Waals surface area contributed by atoms with Gasteiger partial charge in [-0.1, -0.05) is 0 Å². The normalized spacial score (nSPS) is 18.3. The van der Waals surface area contributed by atoms with Crippen molar-refractivity contribution in [3.05, 3.63) is 17.7 Å². The molecule has 8 nitrogen and oxygen atoms in total. The van der Waals surface area contributed by atoms with Crippen LogP contribution in [0.5, 0.6) is 11.5 Å². The van der Waals surface area contributed by atoms with E-state index in [0.29, 0.717) is 43.4 Å². The molecule has 3 rings (SSSR count). The van der Waals surface area contributed by atoms with Crippen molar-refractivity contribution in [1.29, 1.82) is 0 Å². The van der Waals surface area contributed by atoms with E-state index < -0.39 is 16.1 Å². The lowest BCUT2D eigenvalue weighted by molar-refractivity contribution is 0.108. The molecular formula is C15H20N2O6S. The Morgan fingerprint density at radius 2 is 1.67 bits per heavy atom. The van der Waals surface area contributed by atoms with Crippen molar-refractivity contribution in [3.8, 4) is 11.5 Å². The van der Waals surface area contributed by atoms with Crippen molar-refractivity contribution in [3.63, 3.8) is 0 Å².